The van der Waals surface area contributed by atoms with Crippen LogP contribution in [0.3, 0.4) is 0 Å². The quantitative estimate of drug-likeness (QED) is 0.726. The summed E-state index contributed by atoms with van der Waals surface area (Å²) >= 11 is 0. The zero-order chi connectivity index (χ0) is 12.6. The fourth-order valence-corrected chi connectivity index (χ4v) is 2.72. The number of hydrogen-bond acceptors (Lipinski definition) is 3. The van der Waals surface area contributed by atoms with Crippen LogP contribution in [0.5, 0.6) is 0 Å². The molecule has 0 amide bonds. The Hall–Kier alpha value is -0.120. The predicted molar refractivity (Wildman–Crippen MR) is 66.5 cm³/mol. The highest BCUT2D eigenvalue weighted by Crippen LogP contribution is 2.39. The van der Waals surface area contributed by atoms with Gasteiger partial charge in [0.2, 0.25) is 0 Å². The highest BCUT2D eigenvalue weighted by molar-refractivity contribution is 4.94. The Kier molecular flexibility index (Phi) is 4.04. The van der Waals surface area contributed by atoms with Crippen molar-refractivity contribution in [2.24, 2.45) is 5.41 Å². The van der Waals surface area contributed by atoms with Gasteiger partial charge in [-0.15, -0.1) is 0 Å². The molecule has 1 saturated heterocycles. The van der Waals surface area contributed by atoms with Crippen LogP contribution in [0.25, 0.3) is 0 Å². The van der Waals surface area contributed by atoms with Gasteiger partial charge in [-0.1, -0.05) is 13.8 Å². The van der Waals surface area contributed by atoms with Crippen molar-refractivity contribution in [1.29, 1.82) is 0 Å². The van der Waals surface area contributed by atoms with E-state index >= 15 is 0 Å². The van der Waals surface area contributed by atoms with Gasteiger partial charge in [0.05, 0.1) is 6.10 Å². The molecule has 0 spiro atoms. The maximum absolute atomic E-state index is 5.71. The van der Waals surface area contributed by atoms with Crippen LogP contribution in [0, 0.1) is 5.41 Å². The molecule has 1 fully saturated rings. The van der Waals surface area contributed by atoms with Crippen LogP contribution in [0.2, 0.25) is 0 Å². The Balaban J connectivity index is 2.94. The normalized spacial score (nSPS) is 31.7. The van der Waals surface area contributed by atoms with Crippen molar-refractivity contribution in [3.05, 3.63) is 0 Å². The molecule has 1 aliphatic rings. The SMILES string of the molecule is CO[C@@H]1CN(C(C)(C)C)[C@@H](OC)C(C)(C)C1. The Morgan fingerprint density at radius 3 is 2.06 bits per heavy atom. The number of nitrogens with zero attached hydrogens (tertiary/aromatic N) is 1. The van der Waals surface area contributed by atoms with Gasteiger partial charge in [-0.3, -0.25) is 4.90 Å². The molecule has 96 valence electrons. The zero-order valence-corrected chi connectivity index (χ0v) is 11.8. The molecule has 3 heteroatoms. The summed E-state index contributed by atoms with van der Waals surface area (Å²) in [4.78, 5) is 2.41. The van der Waals surface area contributed by atoms with E-state index in [0.717, 1.165) is 13.0 Å². The number of piperidine rings is 1. The largest absolute Gasteiger partial charge is 0.380 e. The molecule has 1 heterocycles. The highest BCUT2D eigenvalue weighted by atomic mass is 16.5. The summed E-state index contributed by atoms with van der Waals surface area (Å²) < 4.78 is 11.3. The van der Waals surface area contributed by atoms with E-state index in [9.17, 15) is 0 Å². The molecule has 0 radical (unpaired) electrons. The van der Waals surface area contributed by atoms with Crippen LogP contribution >= 0.6 is 0 Å². The van der Waals surface area contributed by atoms with E-state index in [-0.39, 0.29) is 17.2 Å². The van der Waals surface area contributed by atoms with Gasteiger partial charge in [0.1, 0.15) is 6.23 Å². The summed E-state index contributed by atoms with van der Waals surface area (Å²) in [5, 5.41) is 0. The van der Waals surface area contributed by atoms with Crippen molar-refractivity contribution in [2.75, 3.05) is 20.8 Å². The molecule has 0 unspecified atom stereocenters. The third-order valence-corrected chi connectivity index (χ3v) is 3.52. The first-order valence-electron chi connectivity index (χ1n) is 6.04. The second-order valence-electron chi connectivity index (χ2n) is 6.46. The van der Waals surface area contributed by atoms with Crippen LogP contribution < -0.4 is 0 Å². The number of ether oxygens (including phenoxy) is 2. The molecule has 0 aliphatic carbocycles. The molecule has 0 bridgehead atoms. The van der Waals surface area contributed by atoms with Crippen LogP contribution in [0.1, 0.15) is 41.0 Å². The minimum Gasteiger partial charge on any atom is -0.380 e. The van der Waals surface area contributed by atoms with E-state index in [1.54, 1.807) is 14.2 Å². The minimum atomic E-state index is 0.106. The number of likely N-dealkylation sites (tertiary alicyclic amines) is 1. The van der Waals surface area contributed by atoms with Gasteiger partial charge in [0.25, 0.3) is 0 Å². The van der Waals surface area contributed by atoms with Crippen molar-refractivity contribution in [1.82, 2.24) is 4.90 Å². The third kappa shape index (κ3) is 2.76. The first-order chi connectivity index (χ1) is 7.22. The second kappa shape index (κ2) is 4.63. The lowest BCUT2D eigenvalue weighted by atomic mass is 9.78. The standard InChI is InChI=1S/C13H27NO2/c1-12(2,3)14-9-10(15-6)8-13(4,5)11(14)16-7/h10-11H,8-9H2,1-7H3/t10-,11-/m0/s1. The van der Waals surface area contributed by atoms with Gasteiger partial charge >= 0.3 is 0 Å². The van der Waals surface area contributed by atoms with E-state index in [1.165, 1.54) is 0 Å². The lowest BCUT2D eigenvalue weighted by molar-refractivity contribution is -0.190. The number of hydrogen-bond donors (Lipinski definition) is 0. The van der Waals surface area contributed by atoms with Crippen molar-refractivity contribution in [2.45, 2.75) is 58.9 Å². The highest BCUT2D eigenvalue weighted by Gasteiger charge is 2.45. The predicted octanol–water partition coefficient (Wildman–Crippen LogP) is 2.50. The molecule has 0 aromatic heterocycles. The molecular weight excluding hydrogens is 202 g/mol. The second-order valence-corrected chi connectivity index (χ2v) is 6.46. The van der Waals surface area contributed by atoms with Gasteiger partial charge in [0, 0.05) is 31.7 Å². The topological polar surface area (TPSA) is 21.7 Å². The number of methoxy groups -OCH3 is 2. The van der Waals surface area contributed by atoms with Crippen LogP contribution in [-0.4, -0.2) is 43.5 Å². The van der Waals surface area contributed by atoms with E-state index < -0.39 is 0 Å². The van der Waals surface area contributed by atoms with Gasteiger partial charge < -0.3 is 9.47 Å². The zero-order valence-electron chi connectivity index (χ0n) is 11.8. The fourth-order valence-electron chi connectivity index (χ4n) is 2.72. The molecule has 16 heavy (non-hydrogen) atoms. The smallest absolute Gasteiger partial charge is 0.115 e. The summed E-state index contributed by atoms with van der Waals surface area (Å²) in [7, 11) is 3.60. The van der Waals surface area contributed by atoms with Gasteiger partial charge in [-0.05, 0) is 27.2 Å². The van der Waals surface area contributed by atoms with Crippen molar-refractivity contribution in [3.63, 3.8) is 0 Å². The molecular formula is C13H27NO2. The summed E-state index contributed by atoms with van der Waals surface area (Å²) in [6, 6.07) is 0. The maximum Gasteiger partial charge on any atom is 0.115 e. The van der Waals surface area contributed by atoms with Gasteiger partial charge in [-0.2, -0.15) is 0 Å². The average molecular weight is 229 g/mol. The van der Waals surface area contributed by atoms with E-state index in [1.807, 2.05) is 0 Å². The van der Waals surface area contributed by atoms with Crippen molar-refractivity contribution in [3.8, 4) is 0 Å². The molecule has 0 N–H and O–H groups in total. The first-order valence-corrected chi connectivity index (χ1v) is 6.04. The van der Waals surface area contributed by atoms with E-state index in [0.29, 0.717) is 6.10 Å². The summed E-state index contributed by atoms with van der Waals surface area (Å²) in [5.74, 6) is 0. The van der Waals surface area contributed by atoms with E-state index in [2.05, 4.69) is 39.5 Å². The Morgan fingerprint density at radius 1 is 1.12 bits per heavy atom. The van der Waals surface area contributed by atoms with Crippen LogP contribution in [0.15, 0.2) is 0 Å². The minimum absolute atomic E-state index is 0.106. The fraction of sp³-hybridized carbons (Fsp3) is 1.00. The molecule has 0 aromatic carbocycles. The van der Waals surface area contributed by atoms with Crippen molar-refractivity contribution >= 4 is 0 Å². The average Bonchev–Trinajstić information content (AvgIpc) is 2.13. The molecule has 2 atom stereocenters. The lowest BCUT2D eigenvalue weighted by Crippen LogP contribution is -2.61. The van der Waals surface area contributed by atoms with Crippen LogP contribution in [-0.2, 0) is 9.47 Å². The molecule has 0 saturated carbocycles. The Bertz CT molecular complexity index is 233. The third-order valence-electron chi connectivity index (χ3n) is 3.52. The summed E-state index contributed by atoms with van der Waals surface area (Å²) in [5.41, 5.74) is 0.232. The molecule has 1 aliphatic heterocycles. The monoisotopic (exact) mass is 229 g/mol. The Labute approximate surface area is 100 Å². The van der Waals surface area contributed by atoms with Crippen molar-refractivity contribution < 1.29 is 9.47 Å². The first kappa shape index (κ1) is 13.9. The van der Waals surface area contributed by atoms with E-state index in [4.69, 9.17) is 9.47 Å². The lowest BCUT2D eigenvalue weighted by Gasteiger charge is -2.53. The molecule has 0 aromatic rings. The molecule has 1 rings (SSSR count). The summed E-state index contributed by atoms with van der Waals surface area (Å²) in [6.07, 6.45) is 1.52. The number of rotatable bonds is 2. The maximum atomic E-state index is 5.71. The van der Waals surface area contributed by atoms with Crippen LogP contribution in [0.4, 0.5) is 0 Å². The summed E-state index contributed by atoms with van der Waals surface area (Å²) in [6.45, 7) is 12.1. The molecule has 3 nitrogen and oxygen atoms in total. The van der Waals surface area contributed by atoms with Gasteiger partial charge in [0.15, 0.2) is 0 Å². The Morgan fingerprint density at radius 2 is 1.69 bits per heavy atom. The van der Waals surface area contributed by atoms with Gasteiger partial charge in [-0.25, -0.2) is 0 Å².